The van der Waals surface area contributed by atoms with E-state index in [1.54, 1.807) is 4.90 Å². The van der Waals surface area contributed by atoms with E-state index >= 15 is 0 Å². The number of piperidine rings is 1. The van der Waals surface area contributed by atoms with E-state index in [9.17, 15) is 14.4 Å². The zero-order valence-corrected chi connectivity index (χ0v) is 16.4. The quantitative estimate of drug-likeness (QED) is 0.719. The molecule has 2 atom stereocenters. The predicted octanol–water partition coefficient (Wildman–Crippen LogP) is 0.974. The molecule has 7 nitrogen and oxygen atoms in total. The number of likely N-dealkylation sites (tertiary alicyclic amines) is 1. The molecule has 2 aliphatic heterocycles. The first-order chi connectivity index (χ1) is 13.6. The Balaban J connectivity index is 1.38. The third kappa shape index (κ3) is 4.14. The maximum absolute atomic E-state index is 13.0. The number of nitrogens with one attached hydrogen (secondary N) is 3. The molecule has 1 aliphatic carbocycles. The van der Waals surface area contributed by atoms with Crippen LogP contribution in [-0.2, 0) is 17.6 Å². The first kappa shape index (κ1) is 19.2. The van der Waals surface area contributed by atoms with Crippen molar-refractivity contribution in [3.8, 4) is 0 Å². The molecule has 7 heteroatoms. The molecule has 3 aliphatic rings. The second-order valence-corrected chi connectivity index (χ2v) is 8.38. The van der Waals surface area contributed by atoms with Crippen LogP contribution in [0, 0.1) is 5.92 Å². The van der Waals surface area contributed by atoms with Gasteiger partial charge in [0.05, 0.1) is 6.04 Å². The third-order valence-corrected chi connectivity index (χ3v) is 6.32. The van der Waals surface area contributed by atoms with Gasteiger partial charge in [0.2, 0.25) is 5.91 Å². The Kier molecular flexibility index (Phi) is 5.80. The van der Waals surface area contributed by atoms with Crippen molar-refractivity contribution < 1.29 is 9.59 Å². The van der Waals surface area contributed by atoms with Crippen molar-refractivity contribution >= 4 is 11.8 Å². The lowest BCUT2D eigenvalue weighted by atomic mass is 9.94. The third-order valence-electron chi connectivity index (χ3n) is 6.32. The van der Waals surface area contributed by atoms with Crippen LogP contribution in [0.3, 0.4) is 0 Å². The van der Waals surface area contributed by atoms with Crippen LogP contribution in [0.15, 0.2) is 10.9 Å². The minimum absolute atomic E-state index is 0.0621. The maximum atomic E-state index is 13.0. The van der Waals surface area contributed by atoms with E-state index < -0.39 is 0 Å². The van der Waals surface area contributed by atoms with Gasteiger partial charge in [0.25, 0.3) is 11.5 Å². The van der Waals surface area contributed by atoms with E-state index in [1.165, 1.54) is 0 Å². The van der Waals surface area contributed by atoms with Crippen LogP contribution >= 0.6 is 0 Å². The number of amides is 2. The van der Waals surface area contributed by atoms with Gasteiger partial charge in [-0.3, -0.25) is 14.4 Å². The SMILES string of the molecule is O=C(NCC1CCCN(C(=O)c2cc3c([nH]c2=O)CCCC3)C1)C1CCCN1. The zero-order valence-electron chi connectivity index (χ0n) is 16.4. The number of carbonyl (C=O) groups is 2. The fourth-order valence-electron chi connectivity index (χ4n) is 4.70. The Labute approximate surface area is 165 Å². The number of aromatic amines is 1. The molecule has 4 rings (SSSR count). The van der Waals surface area contributed by atoms with Crippen LogP contribution in [0.2, 0.25) is 0 Å². The van der Waals surface area contributed by atoms with Crippen molar-refractivity contribution in [1.82, 2.24) is 20.5 Å². The number of hydrogen-bond acceptors (Lipinski definition) is 4. The molecule has 1 aromatic rings. The summed E-state index contributed by atoms with van der Waals surface area (Å²) in [6.07, 6.45) is 7.83. The molecule has 2 unspecified atom stereocenters. The van der Waals surface area contributed by atoms with Crippen molar-refractivity contribution in [2.24, 2.45) is 5.92 Å². The van der Waals surface area contributed by atoms with E-state index in [0.717, 1.165) is 69.2 Å². The largest absolute Gasteiger partial charge is 0.354 e. The average Bonchev–Trinajstić information content (AvgIpc) is 3.26. The summed E-state index contributed by atoms with van der Waals surface area (Å²) in [7, 11) is 0. The number of rotatable bonds is 4. The van der Waals surface area contributed by atoms with Crippen molar-refractivity contribution in [3.63, 3.8) is 0 Å². The highest BCUT2D eigenvalue weighted by molar-refractivity contribution is 5.94. The standard InChI is InChI=1S/C21H30N4O3/c26-19-16(11-15-6-1-2-7-17(15)24-19)21(28)25-10-4-5-14(13-25)12-23-20(27)18-8-3-9-22-18/h11,14,18,22H,1-10,12-13H2,(H,23,27)(H,24,26). The van der Waals surface area contributed by atoms with Gasteiger partial charge in [-0.25, -0.2) is 0 Å². The summed E-state index contributed by atoms with van der Waals surface area (Å²) in [4.78, 5) is 42.4. The summed E-state index contributed by atoms with van der Waals surface area (Å²) in [5.41, 5.74) is 2.10. The lowest BCUT2D eigenvalue weighted by Crippen LogP contribution is -2.47. The van der Waals surface area contributed by atoms with Crippen molar-refractivity contribution in [2.75, 3.05) is 26.2 Å². The number of fused-ring (bicyclic) bond motifs is 1. The molecule has 2 amide bonds. The van der Waals surface area contributed by atoms with Gasteiger partial charge in [0, 0.05) is 25.3 Å². The highest BCUT2D eigenvalue weighted by Crippen LogP contribution is 2.21. The molecule has 1 aromatic heterocycles. The first-order valence-corrected chi connectivity index (χ1v) is 10.7. The number of H-pyrrole nitrogens is 1. The molecule has 3 N–H and O–H groups in total. The summed E-state index contributed by atoms with van der Waals surface area (Å²) in [6, 6.07) is 1.74. The molecule has 2 fully saturated rings. The second kappa shape index (κ2) is 8.47. The highest BCUT2D eigenvalue weighted by atomic mass is 16.2. The number of carbonyl (C=O) groups excluding carboxylic acids is 2. The van der Waals surface area contributed by atoms with E-state index in [-0.39, 0.29) is 34.9 Å². The number of hydrogen-bond donors (Lipinski definition) is 3. The van der Waals surface area contributed by atoms with Gasteiger partial charge in [-0.05, 0) is 75.5 Å². The van der Waals surface area contributed by atoms with Crippen LogP contribution < -0.4 is 16.2 Å². The second-order valence-electron chi connectivity index (χ2n) is 8.38. The van der Waals surface area contributed by atoms with Crippen molar-refractivity contribution in [2.45, 2.75) is 57.4 Å². The van der Waals surface area contributed by atoms with Crippen molar-refractivity contribution in [1.29, 1.82) is 0 Å². The molecule has 0 radical (unpaired) electrons. The molecule has 0 saturated carbocycles. The predicted molar refractivity (Wildman–Crippen MR) is 106 cm³/mol. The molecule has 2 saturated heterocycles. The molecule has 28 heavy (non-hydrogen) atoms. The summed E-state index contributed by atoms with van der Waals surface area (Å²) >= 11 is 0. The zero-order chi connectivity index (χ0) is 19.5. The van der Waals surface area contributed by atoms with Crippen LogP contribution in [0.5, 0.6) is 0 Å². The van der Waals surface area contributed by atoms with Crippen LogP contribution in [0.4, 0.5) is 0 Å². The lowest BCUT2D eigenvalue weighted by molar-refractivity contribution is -0.123. The summed E-state index contributed by atoms with van der Waals surface area (Å²) < 4.78 is 0. The molecule has 0 aromatic carbocycles. The molecular formula is C21H30N4O3. The Bertz CT molecular complexity index is 797. The molecule has 3 heterocycles. The van der Waals surface area contributed by atoms with Gasteiger partial charge >= 0.3 is 0 Å². The Morgan fingerprint density at radius 2 is 2.00 bits per heavy atom. The average molecular weight is 386 g/mol. The fraction of sp³-hybridized carbons (Fsp3) is 0.667. The topological polar surface area (TPSA) is 94.3 Å². The summed E-state index contributed by atoms with van der Waals surface area (Å²) in [6.45, 7) is 2.75. The summed E-state index contributed by atoms with van der Waals surface area (Å²) in [5.74, 6) is 0.120. The van der Waals surface area contributed by atoms with E-state index in [0.29, 0.717) is 19.6 Å². The minimum Gasteiger partial charge on any atom is -0.354 e. The number of pyridine rings is 1. The van der Waals surface area contributed by atoms with Gasteiger partial charge in [0.1, 0.15) is 5.56 Å². The van der Waals surface area contributed by atoms with Gasteiger partial charge in [-0.1, -0.05) is 0 Å². The van der Waals surface area contributed by atoms with Crippen LogP contribution in [0.1, 0.15) is 60.1 Å². The highest BCUT2D eigenvalue weighted by Gasteiger charge is 2.28. The van der Waals surface area contributed by atoms with Gasteiger partial charge in [0.15, 0.2) is 0 Å². The minimum atomic E-state index is -0.270. The molecule has 0 bridgehead atoms. The Hall–Kier alpha value is -2.15. The Morgan fingerprint density at radius 1 is 1.14 bits per heavy atom. The number of aromatic nitrogens is 1. The van der Waals surface area contributed by atoms with E-state index in [4.69, 9.17) is 0 Å². The van der Waals surface area contributed by atoms with Crippen molar-refractivity contribution in [3.05, 3.63) is 33.2 Å². The monoisotopic (exact) mass is 386 g/mol. The molecular weight excluding hydrogens is 356 g/mol. The normalized spacial score (nSPS) is 24.6. The Morgan fingerprint density at radius 3 is 2.82 bits per heavy atom. The van der Waals surface area contributed by atoms with E-state index in [1.807, 2.05) is 6.07 Å². The first-order valence-electron chi connectivity index (χ1n) is 10.7. The number of aryl methyl sites for hydroxylation is 2. The van der Waals surface area contributed by atoms with Gasteiger partial charge in [-0.15, -0.1) is 0 Å². The van der Waals surface area contributed by atoms with Gasteiger partial charge in [-0.2, -0.15) is 0 Å². The van der Waals surface area contributed by atoms with Crippen LogP contribution in [0.25, 0.3) is 0 Å². The maximum Gasteiger partial charge on any atom is 0.261 e. The smallest absolute Gasteiger partial charge is 0.261 e. The lowest BCUT2D eigenvalue weighted by Gasteiger charge is -2.33. The van der Waals surface area contributed by atoms with Gasteiger partial charge < -0.3 is 20.5 Å². The molecule has 152 valence electrons. The van der Waals surface area contributed by atoms with Crippen LogP contribution in [-0.4, -0.2) is 53.9 Å². The summed E-state index contributed by atoms with van der Waals surface area (Å²) in [5, 5.41) is 6.25. The fourth-order valence-corrected chi connectivity index (χ4v) is 4.70. The molecule has 0 spiro atoms. The van der Waals surface area contributed by atoms with E-state index in [2.05, 4.69) is 15.6 Å². The number of nitrogens with zero attached hydrogens (tertiary/aromatic N) is 1.